The lowest BCUT2D eigenvalue weighted by atomic mass is 9.91. The zero-order valence-electron chi connectivity index (χ0n) is 15.8. The third kappa shape index (κ3) is 3.92. The average molecular weight is 391 g/mol. The van der Waals surface area contributed by atoms with Crippen LogP contribution < -0.4 is 4.74 Å². The number of carbonyl (C=O) groups excluding carboxylic acids is 1. The minimum absolute atomic E-state index is 0.130. The van der Waals surface area contributed by atoms with Crippen molar-refractivity contribution in [1.82, 2.24) is 14.7 Å². The van der Waals surface area contributed by atoms with Gasteiger partial charge in [-0.2, -0.15) is 0 Å². The predicted octanol–water partition coefficient (Wildman–Crippen LogP) is 2.02. The maximum Gasteiger partial charge on any atom is 0.408 e. The highest BCUT2D eigenvalue weighted by Gasteiger charge is 2.43. The number of rotatable bonds is 4. The first-order valence-corrected chi connectivity index (χ1v) is 9.96. The molecule has 1 aliphatic carbocycles. The lowest BCUT2D eigenvalue weighted by Crippen LogP contribution is -2.56. The third-order valence-electron chi connectivity index (χ3n) is 6.13. The molecule has 28 heavy (non-hydrogen) atoms. The fourth-order valence-corrected chi connectivity index (χ4v) is 4.30. The van der Waals surface area contributed by atoms with Gasteiger partial charge in [0.2, 0.25) is 5.91 Å². The minimum atomic E-state index is -1.11. The Kier molecular flexibility index (Phi) is 5.39. The summed E-state index contributed by atoms with van der Waals surface area (Å²) in [5, 5.41) is 9.55. The number of likely N-dealkylation sites (tertiary alicyclic amines) is 1. The van der Waals surface area contributed by atoms with Gasteiger partial charge in [-0.25, -0.2) is 9.18 Å². The summed E-state index contributed by atoms with van der Waals surface area (Å²) in [4.78, 5) is 30.1. The van der Waals surface area contributed by atoms with Crippen molar-refractivity contribution in [3.63, 3.8) is 0 Å². The normalized spacial score (nSPS) is 26.2. The number of carboxylic acid groups (broad SMARTS) is 1. The van der Waals surface area contributed by atoms with Crippen LogP contribution in [-0.4, -0.2) is 82.7 Å². The topological polar surface area (TPSA) is 73.3 Å². The molecule has 2 heterocycles. The van der Waals surface area contributed by atoms with Crippen LogP contribution in [0.5, 0.6) is 5.75 Å². The molecule has 4 rings (SSSR count). The second-order valence-corrected chi connectivity index (χ2v) is 7.83. The Morgan fingerprint density at radius 1 is 1.07 bits per heavy atom. The fourth-order valence-electron chi connectivity index (χ4n) is 4.30. The summed E-state index contributed by atoms with van der Waals surface area (Å²) in [7, 11) is 0. The summed E-state index contributed by atoms with van der Waals surface area (Å²) >= 11 is 0. The first-order chi connectivity index (χ1) is 13.5. The number of ether oxygens (including phenoxy) is 1. The molecule has 3 fully saturated rings. The van der Waals surface area contributed by atoms with Crippen molar-refractivity contribution in [2.45, 2.75) is 43.9 Å². The highest BCUT2D eigenvalue weighted by atomic mass is 19.1. The number of amides is 2. The van der Waals surface area contributed by atoms with Crippen molar-refractivity contribution in [2.24, 2.45) is 0 Å². The first kappa shape index (κ1) is 19.0. The van der Waals surface area contributed by atoms with Crippen molar-refractivity contribution < 1.29 is 23.8 Å². The van der Waals surface area contributed by atoms with Crippen LogP contribution in [0.25, 0.3) is 0 Å². The van der Waals surface area contributed by atoms with Crippen LogP contribution in [0.3, 0.4) is 0 Å². The molecule has 7 nitrogen and oxygen atoms in total. The van der Waals surface area contributed by atoms with E-state index in [1.54, 1.807) is 4.90 Å². The Balaban J connectivity index is 1.37. The monoisotopic (exact) mass is 391 g/mol. The number of hydrogen-bond donors (Lipinski definition) is 1. The van der Waals surface area contributed by atoms with Gasteiger partial charge in [0.05, 0.1) is 6.54 Å². The molecular formula is C20H26FN3O4. The summed E-state index contributed by atoms with van der Waals surface area (Å²) in [5.74, 6) is -0.0279. The summed E-state index contributed by atoms with van der Waals surface area (Å²) < 4.78 is 18.8. The Morgan fingerprint density at radius 3 is 2.32 bits per heavy atom. The lowest BCUT2D eigenvalue weighted by molar-refractivity contribution is -0.137. The molecule has 0 bridgehead atoms. The second kappa shape index (κ2) is 7.95. The van der Waals surface area contributed by atoms with Crippen LogP contribution in [0.2, 0.25) is 0 Å². The van der Waals surface area contributed by atoms with E-state index in [0.717, 1.165) is 13.1 Å². The van der Waals surface area contributed by atoms with Crippen molar-refractivity contribution in [1.29, 1.82) is 0 Å². The van der Waals surface area contributed by atoms with E-state index in [1.165, 1.54) is 48.4 Å². The van der Waals surface area contributed by atoms with E-state index in [9.17, 15) is 19.1 Å². The molecule has 2 atom stereocenters. The molecule has 1 N–H and O–H groups in total. The Morgan fingerprint density at radius 2 is 1.75 bits per heavy atom. The van der Waals surface area contributed by atoms with Gasteiger partial charge in [0.25, 0.3) is 0 Å². The molecule has 2 amide bonds. The van der Waals surface area contributed by atoms with Gasteiger partial charge < -0.3 is 14.7 Å². The maximum absolute atomic E-state index is 13.1. The molecule has 1 aromatic carbocycles. The van der Waals surface area contributed by atoms with Gasteiger partial charge in [-0.1, -0.05) is 6.42 Å². The number of hydrogen-bond acceptors (Lipinski definition) is 4. The molecule has 152 valence electrons. The molecule has 2 saturated heterocycles. The number of halogens is 1. The van der Waals surface area contributed by atoms with Crippen LogP contribution in [0.4, 0.5) is 9.18 Å². The van der Waals surface area contributed by atoms with Gasteiger partial charge in [0.1, 0.15) is 23.7 Å². The van der Waals surface area contributed by atoms with Crippen LogP contribution in [-0.2, 0) is 4.79 Å². The van der Waals surface area contributed by atoms with Gasteiger partial charge in [0.15, 0.2) is 0 Å². The Labute approximate surface area is 163 Å². The van der Waals surface area contributed by atoms with Crippen LogP contribution in [0, 0.1) is 5.82 Å². The maximum atomic E-state index is 13.1. The fraction of sp³-hybridized carbons (Fsp3) is 0.600. The molecule has 1 aromatic rings. The Hall–Kier alpha value is -2.35. The van der Waals surface area contributed by atoms with Crippen LogP contribution in [0.15, 0.2) is 24.3 Å². The van der Waals surface area contributed by atoms with Crippen molar-refractivity contribution in [2.75, 3.05) is 32.7 Å². The average Bonchev–Trinajstić information content (AvgIpc) is 3.06. The summed E-state index contributed by atoms with van der Waals surface area (Å²) in [6.45, 7) is 3.12. The number of piperazine rings is 1. The van der Waals surface area contributed by atoms with E-state index in [0.29, 0.717) is 31.3 Å². The van der Waals surface area contributed by atoms with E-state index < -0.39 is 18.2 Å². The van der Waals surface area contributed by atoms with Crippen LogP contribution >= 0.6 is 0 Å². The standard InChI is InChI=1S/C20H26FN3O4/c21-14-4-6-16(7-5-14)28-17-12-18(24(13-17)20(26)27)19(25)23-10-8-22(9-11-23)15-2-1-3-15/h4-7,15,17-18H,1-3,8-13H2,(H,26,27)/t17-,18-/m0/s1. The second-order valence-electron chi connectivity index (χ2n) is 7.83. The molecule has 0 radical (unpaired) electrons. The number of nitrogens with zero attached hydrogens (tertiary/aromatic N) is 3. The zero-order chi connectivity index (χ0) is 19.7. The first-order valence-electron chi connectivity index (χ1n) is 9.96. The lowest BCUT2D eigenvalue weighted by Gasteiger charge is -2.43. The molecule has 8 heteroatoms. The quantitative estimate of drug-likeness (QED) is 0.850. The molecule has 1 saturated carbocycles. The van der Waals surface area contributed by atoms with Crippen molar-refractivity contribution in [3.8, 4) is 5.75 Å². The van der Waals surface area contributed by atoms with Gasteiger partial charge in [-0.3, -0.25) is 14.6 Å². The van der Waals surface area contributed by atoms with E-state index in [4.69, 9.17) is 4.74 Å². The summed E-state index contributed by atoms with van der Waals surface area (Å²) in [6, 6.07) is 5.54. The molecule has 0 spiro atoms. The smallest absolute Gasteiger partial charge is 0.408 e. The van der Waals surface area contributed by atoms with E-state index in [-0.39, 0.29) is 18.3 Å². The summed E-state index contributed by atoms with van der Waals surface area (Å²) in [5.41, 5.74) is 0. The predicted molar refractivity (Wildman–Crippen MR) is 99.7 cm³/mol. The highest BCUT2D eigenvalue weighted by Crippen LogP contribution is 2.28. The molecule has 0 unspecified atom stereocenters. The van der Waals surface area contributed by atoms with Crippen molar-refractivity contribution >= 4 is 12.0 Å². The number of carbonyl (C=O) groups is 2. The largest absolute Gasteiger partial charge is 0.488 e. The minimum Gasteiger partial charge on any atom is -0.488 e. The van der Waals surface area contributed by atoms with E-state index in [1.807, 2.05) is 0 Å². The third-order valence-corrected chi connectivity index (χ3v) is 6.13. The molecular weight excluding hydrogens is 365 g/mol. The van der Waals surface area contributed by atoms with Gasteiger partial charge in [-0.15, -0.1) is 0 Å². The van der Waals surface area contributed by atoms with Crippen molar-refractivity contribution in [3.05, 3.63) is 30.1 Å². The van der Waals surface area contributed by atoms with Crippen LogP contribution in [0.1, 0.15) is 25.7 Å². The molecule has 0 aromatic heterocycles. The Bertz CT molecular complexity index is 717. The molecule has 3 aliphatic rings. The van der Waals surface area contributed by atoms with Gasteiger partial charge >= 0.3 is 6.09 Å². The van der Waals surface area contributed by atoms with E-state index >= 15 is 0 Å². The molecule has 2 aliphatic heterocycles. The van der Waals surface area contributed by atoms with Gasteiger partial charge in [0, 0.05) is 38.6 Å². The summed E-state index contributed by atoms with van der Waals surface area (Å²) in [6.07, 6.45) is 2.54. The van der Waals surface area contributed by atoms with E-state index in [2.05, 4.69) is 4.90 Å². The SMILES string of the molecule is O=C([C@@H]1C[C@H](Oc2ccc(F)cc2)CN1C(=O)O)N1CCN(C2CCC2)CC1. The number of benzene rings is 1. The highest BCUT2D eigenvalue weighted by molar-refractivity contribution is 5.86. The van der Waals surface area contributed by atoms with Gasteiger partial charge in [-0.05, 0) is 37.1 Å². The zero-order valence-corrected chi connectivity index (χ0v) is 15.8.